The van der Waals surface area contributed by atoms with Crippen molar-refractivity contribution in [2.45, 2.75) is 59.8 Å². The number of carbonyl (C=O) groups is 1. The number of rotatable bonds is 3. The maximum absolute atomic E-state index is 12.2. The molecule has 1 aliphatic rings. The predicted octanol–water partition coefficient (Wildman–Crippen LogP) is 5.08. The lowest BCUT2D eigenvalue weighted by molar-refractivity contribution is -0.116. The molecule has 2 heteroatoms. The summed E-state index contributed by atoms with van der Waals surface area (Å²) in [4.78, 5) is 14.5. The van der Waals surface area contributed by atoms with Crippen molar-refractivity contribution in [3.05, 3.63) is 41.6 Å². The number of ketones is 1. The quantitative estimate of drug-likeness (QED) is 0.775. The Balaban J connectivity index is 2.31. The molecule has 0 atom stereocenters. The van der Waals surface area contributed by atoms with E-state index in [1.807, 2.05) is 6.92 Å². The molecular weight excluding hydrogens is 270 g/mol. The van der Waals surface area contributed by atoms with Crippen LogP contribution in [-0.4, -0.2) is 12.3 Å². The number of hydrogen-bond donors (Lipinski definition) is 0. The van der Waals surface area contributed by atoms with Gasteiger partial charge in [0.15, 0.2) is 5.78 Å². The maximum Gasteiger partial charge on any atom is 0.160 e. The molecule has 1 aromatic rings. The van der Waals surface area contributed by atoms with Crippen molar-refractivity contribution >= 4 is 11.5 Å². The van der Waals surface area contributed by atoms with E-state index in [1.54, 1.807) is 0 Å². The van der Waals surface area contributed by atoms with Crippen LogP contribution in [0.2, 0.25) is 0 Å². The van der Waals surface area contributed by atoms with Crippen LogP contribution in [0.3, 0.4) is 0 Å². The second-order valence-corrected chi connectivity index (χ2v) is 7.94. The summed E-state index contributed by atoms with van der Waals surface area (Å²) in [6.45, 7) is 13.9. The molecule has 1 aromatic carbocycles. The molecular formula is C20H29NO. The summed E-state index contributed by atoms with van der Waals surface area (Å²) in [5.41, 5.74) is 3.62. The average molecular weight is 299 g/mol. The third-order valence-electron chi connectivity index (χ3n) is 4.68. The second kappa shape index (κ2) is 5.91. The summed E-state index contributed by atoms with van der Waals surface area (Å²) in [7, 11) is 0. The molecule has 0 fully saturated rings. The van der Waals surface area contributed by atoms with E-state index in [-0.39, 0.29) is 16.6 Å². The fourth-order valence-corrected chi connectivity index (χ4v) is 2.93. The van der Waals surface area contributed by atoms with Crippen molar-refractivity contribution in [1.82, 2.24) is 0 Å². The Bertz CT molecular complexity index is 573. The van der Waals surface area contributed by atoms with Crippen molar-refractivity contribution < 1.29 is 4.79 Å². The van der Waals surface area contributed by atoms with Gasteiger partial charge in [-0.25, -0.2) is 0 Å². The zero-order valence-electron chi connectivity index (χ0n) is 14.9. The van der Waals surface area contributed by atoms with Crippen LogP contribution in [0.4, 0.5) is 5.69 Å². The highest BCUT2D eigenvalue weighted by Crippen LogP contribution is 2.37. The molecule has 0 aromatic heterocycles. The molecule has 2 rings (SSSR count). The monoisotopic (exact) mass is 299 g/mol. The van der Waals surface area contributed by atoms with E-state index in [0.717, 1.165) is 18.5 Å². The van der Waals surface area contributed by atoms with E-state index in [1.165, 1.54) is 11.3 Å². The number of carbonyl (C=O) groups excluding carboxylic acids is 1. The molecule has 0 unspecified atom stereocenters. The van der Waals surface area contributed by atoms with Gasteiger partial charge in [0.1, 0.15) is 0 Å². The second-order valence-electron chi connectivity index (χ2n) is 7.94. The van der Waals surface area contributed by atoms with Gasteiger partial charge in [-0.15, -0.1) is 0 Å². The van der Waals surface area contributed by atoms with Crippen LogP contribution >= 0.6 is 0 Å². The van der Waals surface area contributed by atoms with Crippen molar-refractivity contribution in [3.63, 3.8) is 0 Å². The van der Waals surface area contributed by atoms with Crippen molar-refractivity contribution in [1.29, 1.82) is 0 Å². The summed E-state index contributed by atoms with van der Waals surface area (Å²) in [6.07, 6.45) is 3.65. The summed E-state index contributed by atoms with van der Waals surface area (Å²) in [5, 5.41) is 0. The molecule has 0 bridgehead atoms. The smallest absolute Gasteiger partial charge is 0.160 e. The van der Waals surface area contributed by atoms with Crippen LogP contribution in [0.15, 0.2) is 36.0 Å². The summed E-state index contributed by atoms with van der Waals surface area (Å²) in [5.74, 6) is 0.265. The number of allylic oxidation sites excluding steroid dienone is 1. The SMILES string of the molecule is CCC(=O)C1=CN(c2ccc(C(C)(C)C)cc2)CCC1(C)C. The lowest BCUT2D eigenvalue weighted by Crippen LogP contribution is -2.34. The molecule has 0 spiro atoms. The van der Waals surface area contributed by atoms with E-state index in [2.05, 4.69) is 70.0 Å². The zero-order valence-corrected chi connectivity index (χ0v) is 14.9. The van der Waals surface area contributed by atoms with Gasteiger partial charge in [0, 0.05) is 30.4 Å². The highest BCUT2D eigenvalue weighted by atomic mass is 16.1. The van der Waals surface area contributed by atoms with Crippen molar-refractivity contribution in [3.8, 4) is 0 Å². The molecule has 0 aliphatic carbocycles. The topological polar surface area (TPSA) is 20.3 Å². The van der Waals surface area contributed by atoms with Crippen LogP contribution in [-0.2, 0) is 10.2 Å². The molecule has 0 N–H and O–H groups in total. The van der Waals surface area contributed by atoms with Crippen LogP contribution in [0, 0.1) is 5.41 Å². The molecule has 120 valence electrons. The molecule has 0 saturated carbocycles. The van der Waals surface area contributed by atoms with E-state index in [9.17, 15) is 4.79 Å². The molecule has 1 heterocycles. The standard InChI is InChI=1S/C20H29NO/c1-7-18(22)17-14-21(13-12-20(17,5)6)16-10-8-15(9-11-16)19(2,3)4/h8-11,14H,7,12-13H2,1-6H3. The van der Waals surface area contributed by atoms with Crippen LogP contribution in [0.5, 0.6) is 0 Å². The summed E-state index contributed by atoms with van der Waals surface area (Å²) < 4.78 is 0. The highest BCUT2D eigenvalue weighted by Gasteiger charge is 2.32. The Morgan fingerprint density at radius 1 is 1.18 bits per heavy atom. The molecule has 0 amide bonds. The first-order valence-electron chi connectivity index (χ1n) is 8.28. The minimum Gasteiger partial charge on any atom is -0.348 e. The number of benzene rings is 1. The van der Waals surface area contributed by atoms with Gasteiger partial charge in [-0.3, -0.25) is 4.79 Å². The third kappa shape index (κ3) is 3.43. The first-order chi connectivity index (χ1) is 10.1. The Kier molecular flexibility index (Phi) is 4.51. The van der Waals surface area contributed by atoms with Gasteiger partial charge in [-0.05, 0) is 34.9 Å². The lowest BCUT2D eigenvalue weighted by Gasteiger charge is -2.37. The normalized spacial score (nSPS) is 18.1. The fourth-order valence-electron chi connectivity index (χ4n) is 2.93. The van der Waals surface area contributed by atoms with Gasteiger partial charge in [-0.2, -0.15) is 0 Å². The molecule has 2 nitrogen and oxygen atoms in total. The van der Waals surface area contributed by atoms with Crippen LogP contribution < -0.4 is 4.90 Å². The fraction of sp³-hybridized carbons (Fsp3) is 0.550. The molecule has 0 saturated heterocycles. The minimum absolute atomic E-state index is 0.0189. The van der Waals surface area contributed by atoms with E-state index < -0.39 is 0 Å². The summed E-state index contributed by atoms with van der Waals surface area (Å²) in [6, 6.07) is 8.74. The lowest BCUT2D eigenvalue weighted by atomic mass is 9.77. The van der Waals surface area contributed by atoms with Crippen molar-refractivity contribution in [2.75, 3.05) is 11.4 Å². The van der Waals surface area contributed by atoms with Gasteiger partial charge in [0.2, 0.25) is 0 Å². The average Bonchev–Trinajstić information content (AvgIpc) is 2.45. The highest BCUT2D eigenvalue weighted by molar-refractivity contribution is 5.97. The van der Waals surface area contributed by atoms with Gasteiger partial charge >= 0.3 is 0 Å². The number of Topliss-reactive ketones (excluding diaryl/α,β-unsaturated/α-hetero) is 1. The van der Waals surface area contributed by atoms with Crippen LogP contribution in [0.1, 0.15) is 59.9 Å². The Hall–Kier alpha value is -1.57. The van der Waals surface area contributed by atoms with Crippen LogP contribution in [0.25, 0.3) is 0 Å². The van der Waals surface area contributed by atoms with Crippen molar-refractivity contribution in [2.24, 2.45) is 5.41 Å². The molecule has 22 heavy (non-hydrogen) atoms. The van der Waals surface area contributed by atoms with E-state index in [0.29, 0.717) is 6.42 Å². The van der Waals surface area contributed by atoms with E-state index >= 15 is 0 Å². The Morgan fingerprint density at radius 2 is 1.77 bits per heavy atom. The molecule has 0 radical (unpaired) electrons. The zero-order chi connectivity index (χ0) is 16.5. The van der Waals surface area contributed by atoms with Gasteiger partial charge < -0.3 is 4.90 Å². The first kappa shape index (κ1) is 16.8. The maximum atomic E-state index is 12.2. The number of anilines is 1. The van der Waals surface area contributed by atoms with Gasteiger partial charge in [-0.1, -0.05) is 53.7 Å². The van der Waals surface area contributed by atoms with E-state index in [4.69, 9.17) is 0 Å². The van der Waals surface area contributed by atoms with Gasteiger partial charge in [0.25, 0.3) is 0 Å². The molecule has 1 aliphatic heterocycles. The first-order valence-corrected chi connectivity index (χ1v) is 8.28. The van der Waals surface area contributed by atoms with Gasteiger partial charge in [0.05, 0.1) is 0 Å². The third-order valence-corrected chi connectivity index (χ3v) is 4.68. The number of hydrogen-bond acceptors (Lipinski definition) is 2. The Labute approximate surface area is 135 Å². The summed E-state index contributed by atoms with van der Waals surface area (Å²) >= 11 is 0. The number of nitrogens with zero attached hydrogens (tertiary/aromatic N) is 1. The Morgan fingerprint density at radius 3 is 2.27 bits per heavy atom. The minimum atomic E-state index is -0.0189. The predicted molar refractivity (Wildman–Crippen MR) is 94.3 cm³/mol. The largest absolute Gasteiger partial charge is 0.348 e.